The van der Waals surface area contributed by atoms with Crippen molar-refractivity contribution in [2.45, 2.75) is 12.5 Å². The summed E-state index contributed by atoms with van der Waals surface area (Å²) in [6.07, 6.45) is 2.15. The van der Waals surface area contributed by atoms with Crippen LogP contribution in [0.3, 0.4) is 0 Å². The summed E-state index contributed by atoms with van der Waals surface area (Å²) in [6, 6.07) is 15.2. The Balaban J connectivity index is 1.83. The number of ether oxygens (including phenoxy) is 2. The van der Waals surface area contributed by atoms with Gasteiger partial charge >= 0.3 is 0 Å². The van der Waals surface area contributed by atoms with E-state index in [1.165, 1.54) is 6.20 Å². The van der Waals surface area contributed by atoms with Crippen LogP contribution >= 0.6 is 23.2 Å². The van der Waals surface area contributed by atoms with Crippen molar-refractivity contribution in [1.82, 2.24) is 9.88 Å². The highest BCUT2D eigenvalue weighted by Crippen LogP contribution is 2.41. The van der Waals surface area contributed by atoms with E-state index >= 15 is 0 Å². The number of hydrogen-bond acceptors (Lipinski definition) is 4. The Labute approximate surface area is 185 Å². The molecule has 4 rings (SSSR count). The monoisotopic (exact) mass is 442 g/mol. The van der Waals surface area contributed by atoms with Crippen molar-refractivity contribution >= 4 is 29.1 Å². The molecule has 0 saturated carbocycles. The van der Waals surface area contributed by atoms with Gasteiger partial charge in [-0.2, -0.15) is 0 Å². The number of rotatable bonds is 4. The van der Waals surface area contributed by atoms with Crippen LogP contribution in [0, 0.1) is 0 Å². The molecule has 1 aliphatic heterocycles. The van der Waals surface area contributed by atoms with Crippen molar-refractivity contribution < 1.29 is 14.3 Å². The fourth-order valence-electron chi connectivity index (χ4n) is 3.86. The zero-order valence-corrected chi connectivity index (χ0v) is 18.1. The molecule has 0 saturated heterocycles. The maximum atomic E-state index is 13.5. The standard InChI is InChI=1S/C23H20Cl2N2O3/c1-29-19-11-15-8-9-27(23(28)16-10-18(24)22(25)26-13-16)21(14-6-4-3-5-7-14)17(15)12-20(19)30-2/h3-7,10-13,21H,8-9H2,1-2H3. The number of carbonyl (C=O) groups excluding carboxylic acids is 1. The third-order valence-electron chi connectivity index (χ3n) is 5.29. The lowest BCUT2D eigenvalue weighted by Crippen LogP contribution is -2.40. The second kappa shape index (κ2) is 8.54. The third-order valence-corrected chi connectivity index (χ3v) is 5.98. The summed E-state index contributed by atoms with van der Waals surface area (Å²) >= 11 is 12.0. The Hall–Kier alpha value is -2.76. The van der Waals surface area contributed by atoms with Crippen molar-refractivity contribution in [3.63, 3.8) is 0 Å². The summed E-state index contributed by atoms with van der Waals surface area (Å²) in [5.74, 6) is 1.15. The molecule has 1 aromatic heterocycles. The summed E-state index contributed by atoms with van der Waals surface area (Å²) in [4.78, 5) is 19.3. The first-order valence-corrected chi connectivity index (χ1v) is 10.2. The van der Waals surface area contributed by atoms with Crippen molar-refractivity contribution in [2.75, 3.05) is 20.8 Å². The van der Waals surface area contributed by atoms with Gasteiger partial charge in [0.15, 0.2) is 11.5 Å². The molecule has 0 bridgehead atoms. The van der Waals surface area contributed by atoms with Crippen LogP contribution in [0.15, 0.2) is 54.7 Å². The zero-order valence-electron chi connectivity index (χ0n) is 16.6. The van der Waals surface area contributed by atoms with Crippen LogP contribution < -0.4 is 9.47 Å². The van der Waals surface area contributed by atoms with E-state index in [-0.39, 0.29) is 22.1 Å². The fourth-order valence-corrected chi connectivity index (χ4v) is 4.13. The maximum Gasteiger partial charge on any atom is 0.256 e. The highest BCUT2D eigenvalue weighted by Gasteiger charge is 2.34. The summed E-state index contributed by atoms with van der Waals surface area (Å²) in [7, 11) is 3.23. The molecule has 1 atom stereocenters. The number of fused-ring (bicyclic) bond motifs is 1. The number of nitrogens with zero attached hydrogens (tertiary/aromatic N) is 2. The molecule has 0 fully saturated rings. The molecule has 5 nitrogen and oxygen atoms in total. The minimum Gasteiger partial charge on any atom is -0.493 e. The third kappa shape index (κ3) is 3.71. The van der Waals surface area contributed by atoms with E-state index in [1.807, 2.05) is 47.4 Å². The Morgan fingerprint density at radius 1 is 1.07 bits per heavy atom. The summed E-state index contributed by atoms with van der Waals surface area (Å²) in [5.41, 5.74) is 3.53. The highest BCUT2D eigenvalue weighted by atomic mass is 35.5. The first-order valence-electron chi connectivity index (χ1n) is 9.45. The predicted octanol–water partition coefficient (Wildman–Crippen LogP) is 5.19. The number of amides is 1. The van der Waals surface area contributed by atoms with Crippen molar-refractivity contribution in [3.05, 3.63) is 87.2 Å². The van der Waals surface area contributed by atoms with Gasteiger partial charge < -0.3 is 14.4 Å². The average Bonchev–Trinajstić information content (AvgIpc) is 2.79. The van der Waals surface area contributed by atoms with Gasteiger partial charge in [0.25, 0.3) is 5.91 Å². The van der Waals surface area contributed by atoms with Gasteiger partial charge in [-0.25, -0.2) is 4.98 Å². The first kappa shape index (κ1) is 20.5. The van der Waals surface area contributed by atoms with Gasteiger partial charge in [-0.1, -0.05) is 53.5 Å². The molecule has 0 N–H and O–H groups in total. The minimum absolute atomic E-state index is 0.157. The van der Waals surface area contributed by atoms with Crippen LogP contribution in [0.2, 0.25) is 10.2 Å². The van der Waals surface area contributed by atoms with Gasteiger partial charge in [0, 0.05) is 12.7 Å². The average molecular weight is 443 g/mol. The van der Waals surface area contributed by atoms with Crippen molar-refractivity contribution in [1.29, 1.82) is 0 Å². The smallest absolute Gasteiger partial charge is 0.256 e. The summed E-state index contributed by atoms with van der Waals surface area (Å²) in [5, 5.41) is 0.427. The second-order valence-corrected chi connectivity index (χ2v) is 7.73. The molecule has 0 spiro atoms. The maximum absolute atomic E-state index is 13.5. The van der Waals surface area contributed by atoms with Gasteiger partial charge in [-0.15, -0.1) is 0 Å². The lowest BCUT2D eigenvalue weighted by Gasteiger charge is -2.38. The normalized spacial score (nSPS) is 15.5. The summed E-state index contributed by atoms with van der Waals surface area (Å²) in [6.45, 7) is 0.543. The van der Waals surface area contributed by atoms with Gasteiger partial charge in [0.1, 0.15) is 5.15 Å². The van der Waals surface area contributed by atoms with E-state index in [0.717, 1.165) is 16.7 Å². The fraction of sp³-hybridized carbons (Fsp3) is 0.217. The van der Waals surface area contributed by atoms with E-state index < -0.39 is 0 Å². The predicted molar refractivity (Wildman–Crippen MR) is 117 cm³/mol. The largest absolute Gasteiger partial charge is 0.493 e. The second-order valence-electron chi connectivity index (χ2n) is 6.96. The number of pyridine rings is 1. The van der Waals surface area contributed by atoms with Crippen LogP contribution in [0.1, 0.15) is 33.1 Å². The van der Waals surface area contributed by atoms with E-state index in [1.54, 1.807) is 20.3 Å². The molecule has 2 heterocycles. The Bertz CT molecular complexity index is 1090. The number of aromatic nitrogens is 1. The molecule has 154 valence electrons. The molecular weight excluding hydrogens is 423 g/mol. The number of benzene rings is 2. The van der Waals surface area contributed by atoms with Gasteiger partial charge in [0.05, 0.1) is 30.8 Å². The highest BCUT2D eigenvalue weighted by molar-refractivity contribution is 6.41. The minimum atomic E-state index is -0.281. The molecule has 1 aliphatic rings. The number of carbonyl (C=O) groups is 1. The van der Waals surface area contributed by atoms with E-state index in [2.05, 4.69) is 4.98 Å². The number of hydrogen-bond donors (Lipinski definition) is 0. The quantitative estimate of drug-likeness (QED) is 0.521. The van der Waals surface area contributed by atoms with Gasteiger partial charge in [-0.05, 0) is 41.3 Å². The Kier molecular flexibility index (Phi) is 5.84. The first-order chi connectivity index (χ1) is 14.5. The van der Waals surface area contributed by atoms with Crippen LogP contribution in [-0.2, 0) is 6.42 Å². The van der Waals surface area contributed by atoms with E-state index in [0.29, 0.717) is 30.0 Å². The van der Waals surface area contributed by atoms with Crippen LogP contribution in [0.25, 0.3) is 0 Å². The molecule has 1 unspecified atom stereocenters. The lowest BCUT2D eigenvalue weighted by molar-refractivity contribution is 0.0693. The number of halogens is 2. The topological polar surface area (TPSA) is 51.7 Å². The molecule has 2 aromatic carbocycles. The summed E-state index contributed by atoms with van der Waals surface area (Å²) < 4.78 is 11.0. The molecule has 7 heteroatoms. The van der Waals surface area contributed by atoms with Gasteiger partial charge in [0.2, 0.25) is 0 Å². The molecule has 0 radical (unpaired) electrons. The van der Waals surface area contributed by atoms with E-state index in [4.69, 9.17) is 32.7 Å². The molecule has 1 amide bonds. The van der Waals surface area contributed by atoms with Crippen molar-refractivity contribution in [3.8, 4) is 11.5 Å². The molecule has 30 heavy (non-hydrogen) atoms. The van der Waals surface area contributed by atoms with E-state index in [9.17, 15) is 4.79 Å². The zero-order chi connectivity index (χ0) is 21.3. The molecule has 3 aromatic rings. The number of methoxy groups -OCH3 is 2. The van der Waals surface area contributed by atoms with Crippen LogP contribution in [0.4, 0.5) is 0 Å². The lowest BCUT2D eigenvalue weighted by atomic mass is 9.87. The van der Waals surface area contributed by atoms with Crippen molar-refractivity contribution in [2.24, 2.45) is 0 Å². The molecular formula is C23H20Cl2N2O3. The Morgan fingerprint density at radius 2 is 1.77 bits per heavy atom. The van der Waals surface area contributed by atoms with Crippen LogP contribution in [-0.4, -0.2) is 36.6 Å². The molecule has 0 aliphatic carbocycles. The van der Waals surface area contributed by atoms with Gasteiger partial charge in [-0.3, -0.25) is 4.79 Å². The SMILES string of the molecule is COc1cc2c(cc1OC)C(c1ccccc1)N(C(=O)c1cnc(Cl)c(Cl)c1)CC2. The Morgan fingerprint density at radius 3 is 2.43 bits per heavy atom. The van der Waals surface area contributed by atoms with Crippen LogP contribution in [0.5, 0.6) is 11.5 Å².